The number of nitrogens with one attached hydrogen (secondary N) is 1. The summed E-state index contributed by atoms with van der Waals surface area (Å²) in [5.41, 5.74) is 0. The van der Waals surface area contributed by atoms with Crippen molar-refractivity contribution < 1.29 is 20.1 Å². The Morgan fingerprint density at radius 2 is 0.930 bits per heavy atom. The smallest absolute Gasteiger partial charge is 0.220 e. The first kappa shape index (κ1) is 41.8. The second-order valence-electron chi connectivity index (χ2n) is 12.8. The number of aliphatic hydroxyl groups excluding tert-OH is 3. The molecule has 43 heavy (non-hydrogen) atoms. The van der Waals surface area contributed by atoms with E-state index in [9.17, 15) is 20.1 Å². The van der Waals surface area contributed by atoms with E-state index in [1.807, 2.05) is 0 Å². The van der Waals surface area contributed by atoms with Crippen LogP contribution in [0.5, 0.6) is 0 Å². The van der Waals surface area contributed by atoms with Crippen LogP contribution in [-0.4, -0.2) is 46.1 Å². The molecule has 4 N–H and O–H groups in total. The summed E-state index contributed by atoms with van der Waals surface area (Å²) in [5.74, 6) is -0.161. The van der Waals surface area contributed by atoms with Crippen LogP contribution in [-0.2, 0) is 4.79 Å². The Labute approximate surface area is 267 Å². The molecule has 0 aliphatic rings. The van der Waals surface area contributed by atoms with Crippen LogP contribution in [0.25, 0.3) is 0 Å². The topological polar surface area (TPSA) is 89.8 Å². The van der Waals surface area contributed by atoms with E-state index in [0.29, 0.717) is 12.8 Å². The van der Waals surface area contributed by atoms with Crippen molar-refractivity contribution >= 4 is 5.91 Å². The Hall–Kier alpha value is -1.17. The summed E-state index contributed by atoms with van der Waals surface area (Å²) >= 11 is 0. The molecule has 0 aliphatic heterocycles. The molecular formula is C38H73NO4. The molecule has 0 heterocycles. The fourth-order valence-corrected chi connectivity index (χ4v) is 5.57. The maximum Gasteiger partial charge on any atom is 0.220 e. The predicted molar refractivity (Wildman–Crippen MR) is 185 cm³/mol. The van der Waals surface area contributed by atoms with Gasteiger partial charge in [0.1, 0.15) is 6.10 Å². The van der Waals surface area contributed by atoms with Gasteiger partial charge in [-0.25, -0.2) is 0 Å². The van der Waals surface area contributed by atoms with E-state index < -0.39 is 18.2 Å². The van der Waals surface area contributed by atoms with Crippen LogP contribution in [0.3, 0.4) is 0 Å². The van der Waals surface area contributed by atoms with Crippen LogP contribution in [0.2, 0.25) is 0 Å². The zero-order valence-corrected chi connectivity index (χ0v) is 28.6. The molecule has 0 fully saturated rings. The number of rotatable bonds is 33. The third kappa shape index (κ3) is 29.3. The molecule has 0 rings (SSSR count). The van der Waals surface area contributed by atoms with Crippen molar-refractivity contribution in [1.29, 1.82) is 0 Å². The highest BCUT2D eigenvalue weighted by Crippen LogP contribution is 2.13. The van der Waals surface area contributed by atoms with Gasteiger partial charge in [0, 0.05) is 6.42 Å². The van der Waals surface area contributed by atoms with Gasteiger partial charge in [0.2, 0.25) is 5.91 Å². The van der Waals surface area contributed by atoms with Crippen molar-refractivity contribution in [1.82, 2.24) is 5.32 Å². The van der Waals surface area contributed by atoms with E-state index in [-0.39, 0.29) is 12.5 Å². The van der Waals surface area contributed by atoms with Crippen molar-refractivity contribution in [3.05, 3.63) is 24.3 Å². The summed E-state index contributed by atoms with van der Waals surface area (Å²) in [6, 6.07) is -0.824. The van der Waals surface area contributed by atoms with E-state index in [1.165, 1.54) is 122 Å². The van der Waals surface area contributed by atoms with Crippen molar-refractivity contribution in [3.8, 4) is 0 Å². The van der Waals surface area contributed by atoms with Gasteiger partial charge >= 0.3 is 0 Å². The predicted octanol–water partition coefficient (Wildman–Crippen LogP) is 9.87. The van der Waals surface area contributed by atoms with Gasteiger partial charge in [-0.2, -0.15) is 0 Å². The molecule has 1 amide bonds. The van der Waals surface area contributed by atoms with Crippen molar-refractivity contribution in [3.63, 3.8) is 0 Å². The Kier molecular flexibility index (Phi) is 32.8. The lowest BCUT2D eigenvalue weighted by molar-refractivity contribution is -0.124. The SMILES string of the molecule is CCCCCCC/C=C/CCCC(O)C(O)C(CO)NC(=O)CCCCCCCCC/C=C\CCCCCCCCCC. The van der Waals surface area contributed by atoms with Gasteiger partial charge in [-0.1, -0.05) is 141 Å². The molecule has 0 aromatic carbocycles. The molecule has 3 unspecified atom stereocenters. The van der Waals surface area contributed by atoms with E-state index in [1.54, 1.807) is 0 Å². The molecule has 0 spiro atoms. The summed E-state index contributed by atoms with van der Waals surface area (Å²) in [4.78, 5) is 12.3. The highest BCUT2D eigenvalue weighted by molar-refractivity contribution is 5.76. The van der Waals surface area contributed by atoms with Crippen LogP contribution >= 0.6 is 0 Å². The normalized spacial score (nSPS) is 14.1. The number of amides is 1. The fraction of sp³-hybridized carbons (Fsp3) is 0.868. The summed E-state index contributed by atoms with van der Waals surface area (Å²) in [7, 11) is 0. The minimum absolute atomic E-state index is 0.161. The van der Waals surface area contributed by atoms with Gasteiger partial charge < -0.3 is 20.6 Å². The second-order valence-corrected chi connectivity index (χ2v) is 12.8. The molecule has 0 aromatic rings. The highest BCUT2D eigenvalue weighted by atomic mass is 16.3. The van der Waals surface area contributed by atoms with Crippen molar-refractivity contribution in [2.75, 3.05) is 6.61 Å². The van der Waals surface area contributed by atoms with Crippen LogP contribution in [0.15, 0.2) is 24.3 Å². The number of carbonyl (C=O) groups excluding carboxylic acids is 1. The molecule has 3 atom stereocenters. The van der Waals surface area contributed by atoms with Crippen LogP contribution < -0.4 is 5.32 Å². The van der Waals surface area contributed by atoms with Crippen LogP contribution in [0, 0.1) is 0 Å². The van der Waals surface area contributed by atoms with Crippen molar-refractivity contribution in [2.24, 2.45) is 0 Å². The van der Waals surface area contributed by atoms with Gasteiger partial charge in [-0.15, -0.1) is 0 Å². The molecule has 0 saturated carbocycles. The molecule has 254 valence electrons. The Morgan fingerprint density at radius 3 is 1.35 bits per heavy atom. The fourth-order valence-electron chi connectivity index (χ4n) is 5.57. The number of unbranched alkanes of at least 4 members (excludes halogenated alkanes) is 21. The van der Waals surface area contributed by atoms with Gasteiger partial charge in [0.25, 0.3) is 0 Å². The first-order valence-electron chi connectivity index (χ1n) is 18.6. The lowest BCUT2D eigenvalue weighted by Crippen LogP contribution is -2.50. The maximum atomic E-state index is 12.3. The zero-order valence-electron chi connectivity index (χ0n) is 28.6. The van der Waals surface area contributed by atoms with E-state index in [0.717, 1.165) is 38.5 Å². The lowest BCUT2D eigenvalue weighted by Gasteiger charge is -2.26. The number of carbonyl (C=O) groups is 1. The largest absolute Gasteiger partial charge is 0.394 e. The van der Waals surface area contributed by atoms with Crippen LogP contribution in [0.1, 0.15) is 187 Å². The van der Waals surface area contributed by atoms with Crippen molar-refractivity contribution in [2.45, 2.75) is 205 Å². The zero-order chi connectivity index (χ0) is 31.6. The summed E-state index contributed by atoms with van der Waals surface area (Å²) < 4.78 is 0. The van der Waals surface area contributed by atoms with Gasteiger partial charge in [-0.05, 0) is 64.2 Å². The minimum Gasteiger partial charge on any atom is -0.394 e. The molecule has 5 heteroatoms. The minimum atomic E-state index is -1.16. The quantitative estimate of drug-likeness (QED) is 0.0441. The number of allylic oxidation sites excluding steroid dienone is 4. The average Bonchev–Trinajstić information content (AvgIpc) is 3.01. The average molecular weight is 608 g/mol. The van der Waals surface area contributed by atoms with Gasteiger partial charge in [-0.3, -0.25) is 4.79 Å². The summed E-state index contributed by atoms with van der Waals surface area (Å²) in [6.45, 7) is 4.12. The highest BCUT2D eigenvalue weighted by Gasteiger charge is 2.26. The first-order valence-corrected chi connectivity index (χ1v) is 18.6. The molecule has 0 aliphatic carbocycles. The van der Waals surface area contributed by atoms with Gasteiger partial charge in [0.15, 0.2) is 0 Å². The molecule has 0 bridgehead atoms. The third-order valence-electron chi connectivity index (χ3n) is 8.53. The molecule has 5 nitrogen and oxygen atoms in total. The molecule has 0 saturated heterocycles. The monoisotopic (exact) mass is 608 g/mol. The number of aliphatic hydroxyl groups is 3. The summed E-state index contributed by atoms with van der Waals surface area (Å²) in [5, 5.41) is 33.2. The number of hydrogen-bond acceptors (Lipinski definition) is 4. The van der Waals surface area contributed by atoms with E-state index in [2.05, 4.69) is 43.5 Å². The number of hydrogen-bond donors (Lipinski definition) is 4. The second kappa shape index (κ2) is 33.7. The van der Waals surface area contributed by atoms with Gasteiger partial charge in [0.05, 0.1) is 18.8 Å². The molecule has 0 aromatic heterocycles. The van der Waals surface area contributed by atoms with Crippen LogP contribution in [0.4, 0.5) is 0 Å². The summed E-state index contributed by atoms with van der Waals surface area (Å²) in [6.07, 6.45) is 38.5. The maximum absolute atomic E-state index is 12.3. The first-order chi connectivity index (χ1) is 21.1. The third-order valence-corrected chi connectivity index (χ3v) is 8.53. The molecular weight excluding hydrogens is 534 g/mol. The standard InChI is InChI=1S/C38H73NO4/c1-3-5-7-9-11-13-15-16-17-18-19-20-21-22-23-25-27-29-31-33-37(42)39-35(34-40)38(43)36(41)32-30-28-26-24-14-12-10-8-6-4-2/h18-19,24,26,35-36,38,40-41,43H,3-17,20-23,25,27-34H2,1-2H3,(H,39,42)/b19-18-,26-24+. The Balaban J connectivity index is 3.69. The Morgan fingerprint density at radius 1 is 0.558 bits per heavy atom. The molecule has 0 radical (unpaired) electrons. The van der Waals surface area contributed by atoms with E-state index in [4.69, 9.17) is 0 Å². The Bertz CT molecular complexity index is 635. The lowest BCUT2D eigenvalue weighted by atomic mass is 10.0. The van der Waals surface area contributed by atoms with E-state index >= 15 is 0 Å².